The molecule has 2 heteroatoms. The lowest BCUT2D eigenvalue weighted by molar-refractivity contribution is 0.0178. The van der Waals surface area contributed by atoms with Crippen molar-refractivity contribution in [2.24, 2.45) is 0 Å². The fourth-order valence-corrected chi connectivity index (χ4v) is 1.35. The smallest absolute Gasteiger partial charge is 0.0800 e. The second-order valence-electron chi connectivity index (χ2n) is 3.38. The van der Waals surface area contributed by atoms with Crippen LogP contribution < -0.4 is 0 Å². The second-order valence-corrected chi connectivity index (χ2v) is 3.82. The van der Waals surface area contributed by atoms with Crippen LogP contribution in [-0.2, 0) is 4.74 Å². The minimum atomic E-state index is 0.136. The van der Waals surface area contributed by atoms with Crippen LogP contribution >= 0.6 is 11.6 Å². The largest absolute Gasteiger partial charge is 0.371 e. The fraction of sp³-hybridized carbons (Fsp3) is 0.455. The lowest BCUT2D eigenvalue weighted by atomic mass is 10.1. The standard InChI is InChI=1S/C11H15ClO/c1-8(2)13-9(3)10-4-6-11(12)7-5-10/h4-9H,1-3H3. The summed E-state index contributed by atoms with van der Waals surface area (Å²) in [5, 5.41) is 0.764. The molecule has 0 aliphatic heterocycles. The van der Waals surface area contributed by atoms with Crippen LogP contribution in [0.5, 0.6) is 0 Å². The zero-order valence-corrected chi connectivity index (χ0v) is 9.01. The van der Waals surface area contributed by atoms with Crippen LogP contribution in [0.25, 0.3) is 0 Å². The van der Waals surface area contributed by atoms with Crippen molar-refractivity contribution < 1.29 is 4.74 Å². The van der Waals surface area contributed by atoms with Crippen molar-refractivity contribution in [3.8, 4) is 0 Å². The molecular formula is C11H15ClO. The molecule has 0 aromatic heterocycles. The third kappa shape index (κ3) is 3.37. The maximum Gasteiger partial charge on any atom is 0.0800 e. The molecule has 1 aromatic rings. The molecule has 1 nitrogen and oxygen atoms in total. The molecule has 0 saturated carbocycles. The molecule has 72 valence electrons. The zero-order chi connectivity index (χ0) is 9.84. The van der Waals surface area contributed by atoms with Crippen molar-refractivity contribution in [1.29, 1.82) is 0 Å². The maximum atomic E-state index is 5.78. The van der Waals surface area contributed by atoms with E-state index >= 15 is 0 Å². The number of ether oxygens (including phenoxy) is 1. The zero-order valence-electron chi connectivity index (χ0n) is 8.25. The van der Waals surface area contributed by atoms with E-state index in [9.17, 15) is 0 Å². The van der Waals surface area contributed by atoms with Gasteiger partial charge in [-0.05, 0) is 38.5 Å². The van der Waals surface area contributed by atoms with Gasteiger partial charge in [0.05, 0.1) is 12.2 Å². The summed E-state index contributed by atoms with van der Waals surface area (Å²) in [6, 6.07) is 7.76. The van der Waals surface area contributed by atoms with Gasteiger partial charge in [-0.1, -0.05) is 23.7 Å². The number of benzene rings is 1. The molecule has 13 heavy (non-hydrogen) atoms. The van der Waals surface area contributed by atoms with Gasteiger partial charge in [0.25, 0.3) is 0 Å². The van der Waals surface area contributed by atoms with Gasteiger partial charge in [0.15, 0.2) is 0 Å². The normalized spacial score (nSPS) is 13.3. The Hall–Kier alpha value is -0.530. The predicted octanol–water partition coefficient (Wildman–Crippen LogP) is 3.83. The summed E-state index contributed by atoms with van der Waals surface area (Å²) in [6.07, 6.45) is 0.392. The molecule has 0 aliphatic rings. The van der Waals surface area contributed by atoms with Crippen LogP contribution in [0.4, 0.5) is 0 Å². The van der Waals surface area contributed by atoms with E-state index < -0.39 is 0 Å². The van der Waals surface area contributed by atoms with Gasteiger partial charge in [-0.25, -0.2) is 0 Å². The molecule has 0 bridgehead atoms. The first-order chi connectivity index (χ1) is 6.09. The van der Waals surface area contributed by atoms with Crippen LogP contribution in [0.2, 0.25) is 5.02 Å². The molecule has 0 aliphatic carbocycles. The van der Waals surface area contributed by atoms with Gasteiger partial charge >= 0.3 is 0 Å². The maximum absolute atomic E-state index is 5.78. The Morgan fingerprint density at radius 1 is 1.08 bits per heavy atom. The van der Waals surface area contributed by atoms with E-state index in [1.165, 1.54) is 0 Å². The Labute approximate surface area is 84.7 Å². The first-order valence-corrected chi connectivity index (χ1v) is 4.88. The Kier molecular flexibility index (Phi) is 3.76. The lowest BCUT2D eigenvalue weighted by Gasteiger charge is -2.16. The average molecular weight is 199 g/mol. The van der Waals surface area contributed by atoms with Gasteiger partial charge in [0, 0.05) is 5.02 Å². The molecule has 0 spiro atoms. The predicted molar refractivity (Wildman–Crippen MR) is 56.1 cm³/mol. The fourth-order valence-electron chi connectivity index (χ4n) is 1.22. The van der Waals surface area contributed by atoms with Gasteiger partial charge in [-0.15, -0.1) is 0 Å². The molecule has 0 heterocycles. The third-order valence-corrected chi connectivity index (χ3v) is 2.07. The van der Waals surface area contributed by atoms with Gasteiger partial charge < -0.3 is 4.74 Å². The topological polar surface area (TPSA) is 9.23 Å². The van der Waals surface area contributed by atoms with Gasteiger partial charge in [0.1, 0.15) is 0 Å². The monoisotopic (exact) mass is 198 g/mol. The molecule has 1 aromatic carbocycles. The van der Waals surface area contributed by atoms with Crippen molar-refractivity contribution in [3.63, 3.8) is 0 Å². The summed E-state index contributed by atoms with van der Waals surface area (Å²) in [5.41, 5.74) is 1.16. The summed E-state index contributed by atoms with van der Waals surface area (Å²) in [6.45, 7) is 6.11. The quantitative estimate of drug-likeness (QED) is 0.718. The molecule has 1 rings (SSSR count). The number of halogens is 1. The summed E-state index contributed by atoms with van der Waals surface area (Å²) < 4.78 is 5.63. The van der Waals surface area contributed by atoms with Crippen molar-refractivity contribution in [2.45, 2.75) is 33.0 Å². The van der Waals surface area contributed by atoms with Gasteiger partial charge in [0.2, 0.25) is 0 Å². The van der Waals surface area contributed by atoms with E-state index in [-0.39, 0.29) is 12.2 Å². The second kappa shape index (κ2) is 4.64. The first kappa shape index (κ1) is 10.6. The molecule has 1 atom stereocenters. The Morgan fingerprint density at radius 3 is 2.08 bits per heavy atom. The van der Waals surface area contributed by atoms with Crippen LogP contribution in [0.15, 0.2) is 24.3 Å². The first-order valence-electron chi connectivity index (χ1n) is 4.50. The molecule has 0 saturated heterocycles. The summed E-state index contributed by atoms with van der Waals surface area (Å²) in [4.78, 5) is 0. The third-order valence-electron chi connectivity index (χ3n) is 1.82. The van der Waals surface area contributed by atoms with Crippen LogP contribution in [0.1, 0.15) is 32.4 Å². The Bertz CT molecular complexity index is 253. The van der Waals surface area contributed by atoms with Gasteiger partial charge in [-0.3, -0.25) is 0 Å². The summed E-state index contributed by atoms with van der Waals surface area (Å²) in [5.74, 6) is 0. The van der Waals surface area contributed by atoms with E-state index in [1.54, 1.807) is 0 Å². The minimum absolute atomic E-state index is 0.136. The Balaban J connectivity index is 2.66. The molecular weight excluding hydrogens is 184 g/mol. The molecule has 0 N–H and O–H groups in total. The van der Waals surface area contributed by atoms with Crippen LogP contribution in [-0.4, -0.2) is 6.10 Å². The van der Waals surface area contributed by atoms with Crippen LogP contribution in [0.3, 0.4) is 0 Å². The Morgan fingerprint density at radius 2 is 1.62 bits per heavy atom. The van der Waals surface area contributed by atoms with E-state index in [4.69, 9.17) is 16.3 Å². The van der Waals surface area contributed by atoms with E-state index in [0.29, 0.717) is 0 Å². The molecule has 0 fully saturated rings. The highest BCUT2D eigenvalue weighted by Crippen LogP contribution is 2.20. The number of hydrogen-bond donors (Lipinski definition) is 0. The molecule has 1 unspecified atom stereocenters. The highest BCUT2D eigenvalue weighted by molar-refractivity contribution is 6.30. The average Bonchev–Trinajstić information content (AvgIpc) is 2.04. The van der Waals surface area contributed by atoms with E-state index in [0.717, 1.165) is 10.6 Å². The molecule has 0 amide bonds. The summed E-state index contributed by atoms with van der Waals surface area (Å²) in [7, 11) is 0. The number of hydrogen-bond acceptors (Lipinski definition) is 1. The van der Waals surface area contributed by atoms with E-state index in [2.05, 4.69) is 0 Å². The summed E-state index contributed by atoms with van der Waals surface area (Å²) >= 11 is 5.78. The minimum Gasteiger partial charge on any atom is -0.371 e. The van der Waals surface area contributed by atoms with Crippen LogP contribution in [0, 0.1) is 0 Å². The SMILES string of the molecule is CC(C)OC(C)c1ccc(Cl)cc1. The highest BCUT2D eigenvalue weighted by atomic mass is 35.5. The van der Waals surface area contributed by atoms with E-state index in [1.807, 2.05) is 45.0 Å². The van der Waals surface area contributed by atoms with Crippen molar-refractivity contribution in [1.82, 2.24) is 0 Å². The van der Waals surface area contributed by atoms with Crippen molar-refractivity contribution in [3.05, 3.63) is 34.9 Å². The number of rotatable bonds is 3. The van der Waals surface area contributed by atoms with Crippen molar-refractivity contribution >= 4 is 11.6 Å². The van der Waals surface area contributed by atoms with Crippen molar-refractivity contribution in [2.75, 3.05) is 0 Å². The molecule has 0 radical (unpaired) electrons. The van der Waals surface area contributed by atoms with Gasteiger partial charge in [-0.2, -0.15) is 0 Å². The lowest BCUT2D eigenvalue weighted by Crippen LogP contribution is -2.07. The highest BCUT2D eigenvalue weighted by Gasteiger charge is 2.06.